The second kappa shape index (κ2) is 5.04. The summed E-state index contributed by atoms with van der Waals surface area (Å²) in [6.07, 6.45) is 3.98. The Bertz CT molecular complexity index is 544. The van der Waals surface area contributed by atoms with Gasteiger partial charge in [-0.15, -0.1) is 0 Å². The second-order valence-electron chi connectivity index (χ2n) is 7.26. The zero-order valence-electron chi connectivity index (χ0n) is 13.4. The number of likely N-dealkylation sites (tertiary alicyclic amines) is 1. The highest BCUT2D eigenvalue weighted by atomic mass is 16.6. The van der Waals surface area contributed by atoms with Gasteiger partial charge in [0.1, 0.15) is 11.4 Å². The summed E-state index contributed by atoms with van der Waals surface area (Å²) in [7, 11) is 0. The van der Waals surface area contributed by atoms with Gasteiger partial charge in [-0.3, -0.25) is 4.90 Å². The third kappa shape index (κ3) is 2.78. The Labute approximate surface area is 126 Å². The molecule has 5 heteroatoms. The number of H-pyrrole nitrogens is 1. The van der Waals surface area contributed by atoms with Gasteiger partial charge in [-0.05, 0) is 46.5 Å². The standard InChI is InChI=1S/C16H25N3O2/c1-10-7-8-11-13(10)18-14(17-11)12-6-5-9-19(12)15(20)21-16(2,3)4/h10,12H,5-9H2,1-4H3,(H,17,18)/t10?,12-/m0/s1. The molecule has 0 saturated carbocycles. The monoisotopic (exact) mass is 291 g/mol. The fourth-order valence-corrected chi connectivity index (χ4v) is 3.29. The van der Waals surface area contributed by atoms with E-state index < -0.39 is 5.60 Å². The van der Waals surface area contributed by atoms with Crippen molar-refractivity contribution in [3.05, 3.63) is 17.2 Å². The number of fused-ring (bicyclic) bond motifs is 1. The van der Waals surface area contributed by atoms with E-state index in [1.165, 1.54) is 17.8 Å². The minimum atomic E-state index is -0.455. The molecule has 21 heavy (non-hydrogen) atoms. The molecular formula is C16H25N3O2. The molecule has 1 aliphatic carbocycles. The van der Waals surface area contributed by atoms with Gasteiger partial charge in [-0.2, -0.15) is 0 Å². The first kappa shape index (κ1) is 14.4. The quantitative estimate of drug-likeness (QED) is 0.861. The average molecular weight is 291 g/mol. The maximum absolute atomic E-state index is 12.3. The van der Waals surface area contributed by atoms with Crippen molar-refractivity contribution in [3.8, 4) is 0 Å². The van der Waals surface area contributed by atoms with Crippen molar-refractivity contribution in [2.24, 2.45) is 0 Å². The topological polar surface area (TPSA) is 58.2 Å². The maximum atomic E-state index is 12.3. The molecule has 1 aromatic rings. The fraction of sp³-hybridized carbons (Fsp3) is 0.750. The highest BCUT2D eigenvalue weighted by Gasteiger charge is 2.36. The van der Waals surface area contributed by atoms with Crippen LogP contribution in [0.4, 0.5) is 4.79 Å². The Morgan fingerprint density at radius 2 is 2.14 bits per heavy atom. The van der Waals surface area contributed by atoms with Crippen molar-refractivity contribution in [2.45, 2.75) is 70.9 Å². The van der Waals surface area contributed by atoms with Gasteiger partial charge in [-0.1, -0.05) is 6.92 Å². The molecule has 1 aliphatic heterocycles. The van der Waals surface area contributed by atoms with Crippen molar-refractivity contribution in [2.75, 3.05) is 6.54 Å². The van der Waals surface area contributed by atoms with E-state index in [4.69, 9.17) is 9.72 Å². The zero-order valence-corrected chi connectivity index (χ0v) is 13.4. The summed E-state index contributed by atoms with van der Waals surface area (Å²) >= 11 is 0. The van der Waals surface area contributed by atoms with Crippen molar-refractivity contribution >= 4 is 6.09 Å². The Morgan fingerprint density at radius 3 is 2.81 bits per heavy atom. The molecule has 1 fully saturated rings. The minimum Gasteiger partial charge on any atom is -0.444 e. The van der Waals surface area contributed by atoms with Gasteiger partial charge in [0.2, 0.25) is 0 Å². The van der Waals surface area contributed by atoms with E-state index >= 15 is 0 Å². The van der Waals surface area contributed by atoms with Crippen LogP contribution in [0.3, 0.4) is 0 Å². The van der Waals surface area contributed by atoms with E-state index in [1.807, 2.05) is 25.7 Å². The number of hydrogen-bond acceptors (Lipinski definition) is 3. The third-order valence-corrected chi connectivity index (χ3v) is 4.32. The number of aromatic nitrogens is 2. The van der Waals surface area contributed by atoms with Crippen LogP contribution in [-0.4, -0.2) is 33.1 Å². The van der Waals surface area contributed by atoms with Crippen LogP contribution in [-0.2, 0) is 11.2 Å². The van der Waals surface area contributed by atoms with Gasteiger partial charge in [0.25, 0.3) is 0 Å². The van der Waals surface area contributed by atoms with Crippen LogP contribution in [0.1, 0.15) is 76.1 Å². The number of hydrogen-bond donors (Lipinski definition) is 1. The molecule has 3 rings (SSSR count). The summed E-state index contributed by atoms with van der Waals surface area (Å²) in [5, 5.41) is 0. The van der Waals surface area contributed by atoms with Crippen LogP contribution in [0, 0.1) is 0 Å². The third-order valence-electron chi connectivity index (χ3n) is 4.32. The van der Waals surface area contributed by atoms with E-state index in [9.17, 15) is 4.79 Å². The number of aromatic amines is 1. The van der Waals surface area contributed by atoms with Gasteiger partial charge in [0.15, 0.2) is 0 Å². The number of nitrogens with one attached hydrogen (secondary N) is 1. The lowest BCUT2D eigenvalue weighted by molar-refractivity contribution is 0.0218. The predicted molar refractivity (Wildman–Crippen MR) is 80.2 cm³/mol. The number of aryl methyl sites for hydroxylation is 1. The van der Waals surface area contributed by atoms with Crippen LogP contribution < -0.4 is 0 Å². The molecule has 116 valence electrons. The summed E-state index contributed by atoms with van der Waals surface area (Å²) < 4.78 is 5.52. The van der Waals surface area contributed by atoms with Crippen molar-refractivity contribution in [1.82, 2.24) is 14.9 Å². The zero-order chi connectivity index (χ0) is 15.2. The lowest BCUT2D eigenvalue weighted by Gasteiger charge is -2.27. The smallest absolute Gasteiger partial charge is 0.410 e. The Hall–Kier alpha value is -1.52. The van der Waals surface area contributed by atoms with E-state index in [2.05, 4.69) is 11.9 Å². The Morgan fingerprint density at radius 1 is 1.38 bits per heavy atom. The molecular weight excluding hydrogens is 266 g/mol. The molecule has 0 aromatic carbocycles. The maximum Gasteiger partial charge on any atom is 0.410 e. The van der Waals surface area contributed by atoms with E-state index in [1.54, 1.807) is 0 Å². The number of ether oxygens (including phenoxy) is 1. The molecule has 1 aromatic heterocycles. The van der Waals surface area contributed by atoms with Crippen molar-refractivity contribution in [3.63, 3.8) is 0 Å². The first-order valence-electron chi connectivity index (χ1n) is 7.93. The minimum absolute atomic E-state index is 0.0395. The molecule has 0 spiro atoms. The number of amides is 1. The molecule has 0 radical (unpaired) electrons. The van der Waals surface area contributed by atoms with Crippen molar-refractivity contribution < 1.29 is 9.53 Å². The van der Waals surface area contributed by atoms with E-state index in [0.717, 1.165) is 31.6 Å². The second-order valence-corrected chi connectivity index (χ2v) is 7.26. The highest BCUT2D eigenvalue weighted by Crippen LogP contribution is 2.36. The first-order chi connectivity index (χ1) is 9.85. The summed E-state index contributed by atoms with van der Waals surface area (Å²) in [5.41, 5.74) is 2.00. The largest absolute Gasteiger partial charge is 0.444 e. The lowest BCUT2D eigenvalue weighted by Crippen LogP contribution is -2.36. The van der Waals surface area contributed by atoms with Crippen molar-refractivity contribution in [1.29, 1.82) is 0 Å². The van der Waals surface area contributed by atoms with Gasteiger partial charge in [0.05, 0.1) is 11.7 Å². The number of imidazole rings is 1. The number of nitrogens with zero attached hydrogens (tertiary/aromatic N) is 2. The van der Waals surface area contributed by atoms with Gasteiger partial charge >= 0.3 is 6.09 Å². The highest BCUT2D eigenvalue weighted by molar-refractivity contribution is 5.69. The Balaban J connectivity index is 1.78. The van der Waals surface area contributed by atoms with Crippen LogP contribution >= 0.6 is 0 Å². The predicted octanol–water partition coefficient (Wildman–Crippen LogP) is 3.53. The van der Waals surface area contributed by atoms with Gasteiger partial charge in [0, 0.05) is 18.2 Å². The van der Waals surface area contributed by atoms with Crippen LogP contribution in [0.5, 0.6) is 0 Å². The normalized spacial score (nSPS) is 25.2. The van der Waals surface area contributed by atoms with Crippen LogP contribution in [0.15, 0.2) is 0 Å². The molecule has 1 unspecified atom stereocenters. The SMILES string of the molecule is CC1CCc2[nH]c([C@@H]3CCCN3C(=O)OC(C)(C)C)nc21. The average Bonchev–Trinajstić information content (AvgIpc) is 3.03. The molecule has 2 atom stereocenters. The molecule has 1 N–H and O–H groups in total. The molecule has 2 aliphatic rings. The fourth-order valence-electron chi connectivity index (χ4n) is 3.29. The number of rotatable bonds is 1. The number of carbonyl (C=O) groups is 1. The first-order valence-corrected chi connectivity index (χ1v) is 7.93. The molecule has 1 saturated heterocycles. The van der Waals surface area contributed by atoms with Crippen LogP contribution in [0.25, 0.3) is 0 Å². The molecule has 1 amide bonds. The van der Waals surface area contributed by atoms with Crippen LogP contribution in [0.2, 0.25) is 0 Å². The lowest BCUT2D eigenvalue weighted by atomic mass is 10.1. The molecule has 2 heterocycles. The summed E-state index contributed by atoms with van der Waals surface area (Å²) in [5.74, 6) is 1.47. The van der Waals surface area contributed by atoms with Gasteiger partial charge in [-0.25, -0.2) is 9.78 Å². The molecule has 5 nitrogen and oxygen atoms in total. The number of carbonyl (C=O) groups excluding carboxylic acids is 1. The van der Waals surface area contributed by atoms with Gasteiger partial charge < -0.3 is 9.72 Å². The summed E-state index contributed by atoms with van der Waals surface area (Å²) in [4.78, 5) is 22.4. The Kier molecular flexibility index (Phi) is 3.46. The summed E-state index contributed by atoms with van der Waals surface area (Å²) in [6.45, 7) is 8.68. The van der Waals surface area contributed by atoms with E-state index in [0.29, 0.717) is 5.92 Å². The summed E-state index contributed by atoms with van der Waals surface area (Å²) in [6, 6.07) is 0.0395. The van der Waals surface area contributed by atoms with E-state index in [-0.39, 0.29) is 12.1 Å². The molecule has 0 bridgehead atoms.